The van der Waals surface area contributed by atoms with Crippen molar-refractivity contribution >= 4 is 5.91 Å². The fourth-order valence-electron chi connectivity index (χ4n) is 5.04. The molecule has 0 radical (unpaired) electrons. The molecule has 4 heterocycles. The fraction of sp³-hybridized carbons (Fsp3) is 0.611. The van der Waals surface area contributed by atoms with Crippen LogP contribution in [0.5, 0.6) is 0 Å². The van der Waals surface area contributed by atoms with Gasteiger partial charge >= 0.3 is 0 Å². The molecule has 0 saturated carbocycles. The van der Waals surface area contributed by atoms with Crippen LogP contribution in [-0.4, -0.2) is 54.0 Å². The van der Waals surface area contributed by atoms with Crippen LogP contribution in [0.15, 0.2) is 30.3 Å². The van der Waals surface area contributed by atoms with Crippen molar-refractivity contribution in [1.29, 1.82) is 0 Å². The van der Waals surface area contributed by atoms with Gasteiger partial charge in [0.1, 0.15) is 0 Å². The molecule has 4 nitrogen and oxygen atoms in total. The van der Waals surface area contributed by atoms with Crippen LogP contribution in [0.3, 0.4) is 0 Å². The Morgan fingerprint density at radius 1 is 1.14 bits per heavy atom. The molecule has 3 atom stereocenters. The molecule has 4 heteroatoms. The summed E-state index contributed by atoms with van der Waals surface area (Å²) in [5, 5.41) is 0. The van der Waals surface area contributed by atoms with Crippen molar-refractivity contribution in [2.45, 2.75) is 37.3 Å². The lowest BCUT2D eigenvalue weighted by atomic mass is 9.75. The molecule has 1 amide bonds. The minimum absolute atomic E-state index is 0.180. The first kappa shape index (κ1) is 14.2. The zero-order chi connectivity index (χ0) is 15.1. The average molecular weight is 299 g/mol. The topological polar surface area (TPSA) is 49.6 Å². The van der Waals surface area contributed by atoms with E-state index in [9.17, 15) is 4.79 Å². The highest BCUT2D eigenvalue weighted by Gasteiger charge is 2.52. The van der Waals surface area contributed by atoms with Crippen LogP contribution in [0.4, 0.5) is 0 Å². The number of rotatable bonds is 4. The standard InChI is InChI=1S/C18H25N3O/c19-16(22)8-11-21-12-15(13-4-2-1-3-5-13)18-17(21)14-6-9-20(18)10-7-14/h1-5,14-15,17-18H,6-12H2,(H2,19,22)/t15-,17+,18+/m0/s1. The number of fused-ring (bicyclic) bond motifs is 2. The molecule has 5 rings (SSSR count). The summed E-state index contributed by atoms with van der Waals surface area (Å²) in [6.07, 6.45) is 3.11. The number of amides is 1. The zero-order valence-corrected chi connectivity index (χ0v) is 13.0. The molecule has 4 aliphatic rings. The Balaban J connectivity index is 1.62. The summed E-state index contributed by atoms with van der Waals surface area (Å²) < 4.78 is 0. The molecule has 4 fully saturated rings. The van der Waals surface area contributed by atoms with Crippen molar-refractivity contribution in [1.82, 2.24) is 9.80 Å². The highest BCUT2D eigenvalue weighted by Crippen LogP contribution is 2.46. The summed E-state index contributed by atoms with van der Waals surface area (Å²) in [6, 6.07) is 12.2. The van der Waals surface area contributed by atoms with E-state index in [2.05, 4.69) is 40.1 Å². The van der Waals surface area contributed by atoms with Gasteiger partial charge in [0.15, 0.2) is 0 Å². The Kier molecular flexibility index (Phi) is 3.66. The van der Waals surface area contributed by atoms with Crippen molar-refractivity contribution in [3.05, 3.63) is 35.9 Å². The molecular weight excluding hydrogens is 274 g/mol. The Hall–Kier alpha value is -1.39. The maximum absolute atomic E-state index is 11.2. The molecule has 118 valence electrons. The van der Waals surface area contributed by atoms with Crippen molar-refractivity contribution < 1.29 is 4.79 Å². The van der Waals surface area contributed by atoms with Crippen LogP contribution in [0.2, 0.25) is 0 Å². The third kappa shape index (κ3) is 2.34. The number of nitrogens with zero attached hydrogens (tertiary/aromatic N) is 2. The van der Waals surface area contributed by atoms with Crippen LogP contribution in [0.25, 0.3) is 0 Å². The van der Waals surface area contributed by atoms with Gasteiger partial charge in [0.2, 0.25) is 5.91 Å². The number of benzene rings is 1. The van der Waals surface area contributed by atoms with E-state index >= 15 is 0 Å². The minimum atomic E-state index is -0.180. The molecule has 1 aromatic carbocycles. The Morgan fingerprint density at radius 2 is 1.86 bits per heavy atom. The normalized spacial score (nSPS) is 37.2. The van der Waals surface area contributed by atoms with E-state index in [0.717, 1.165) is 19.0 Å². The summed E-state index contributed by atoms with van der Waals surface area (Å²) in [4.78, 5) is 16.5. The molecule has 0 aliphatic carbocycles. The van der Waals surface area contributed by atoms with E-state index in [4.69, 9.17) is 5.73 Å². The summed E-state index contributed by atoms with van der Waals surface area (Å²) in [5.41, 5.74) is 6.83. The lowest BCUT2D eigenvalue weighted by molar-refractivity contribution is -0.118. The van der Waals surface area contributed by atoms with Crippen LogP contribution < -0.4 is 5.73 Å². The number of likely N-dealkylation sites (tertiary alicyclic amines) is 1. The molecule has 22 heavy (non-hydrogen) atoms. The summed E-state index contributed by atoms with van der Waals surface area (Å²) >= 11 is 0. The number of carbonyl (C=O) groups excluding carboxylic acids is 1. The van der Waals surface area contributed by atoms with E-state index in [-0.39, 0.29) is 5.91 Å². The number of hydrogen-bond acceptors (Lipinski definition) is 3. The smallest absolute Gasteiger partial charge is 0.218 e. The third-order valence-electron chi connectivity index (χ3n) is 5.97. The Bertz CT molecular complexity index is 539. The lowest BCUT2D eigenvalue weighted by Crippen LogP contribution is -2.60. The van der Waals surface area contributed by atoms with Gasteiger partial charge in [-0.25, -0.2) is 0 Å². The number of nitrogens with two attached hydrogens (primary N) is 1. The van der Waals surface area contributed by atoms with E-state index in [1.807, 2.05) is 0 Å². The predicted molar refractivity (Wildman–Crippen MR) is 86.4 cm³/mol. The van der Waals surface area contributed by atoms with Gasteiger partial charge in [-0.2, -0.15) is 0 Å². The summed E-state index contributed by atoms with van der Waals surface area (Å²) in [7, 11) is 0. The quantitative estimate of drug-likeness (QED) is 0.915. The minimum Gasteiger partial charge on any atom is -0.370 e. The number of primary amides is 1. The third-order valence-corrected chi connectivity index (χ3v) is 5.97. The van der Waals surface area contributed by atoms with Crippen molar-refractivity contribution in [2.75, 3.05) is 26.2 Å². The second-order valence-corrected chi connectivity index (χ2v) is 7.08. The van der Waals surface area contributed by atoms with Crippen LogP contribution in [0.1, 0.15) is 30.7 Å². The van der Waals surface area contributed by atoms with Gasteiger partial charge in [-0.3, -0.25) is 14.6 Å². The molecule has 0 aromatic heterocycles. The van der Waals surface area contributed by atoms with Gasteiger partial charge < -0.3 is 5.73 Å². The van der Waals surface area contributed by atoms with Gasteiger partial charge in [0.25, 0.3) is 0 Å². The van der Waals surface area contributed by atoms with Gasteiger partial charge in [0, 0.05) is 37.5 Å². The first-order valence-corrected chi connectivity index (χ1v) is 8.55. The average Bonchev–Trinajstić information content (AvgIpc) is 2.97. The molecule has 0 unspecified atom stereocenters. The van der Waals surface area contributed by atoms with E-state index in [0.29, 0.717) is 24.4 Å². The largest absolute Gasteiger partial charge is 0.370 e. The van der Waals surface area contributed by atoms with Crippen molar-refractivity contribution in [2.24, 2.45) is 11.7 Å². The second-order valence-electron chi connectivity index (χ2n) is 7.08. The fourth-order valence-corrected chi connectivity index (χ4v) is 5.04. The highest BCUT2D eigenvalue weighted by atomic mass is 16.1. The van der Waals surface area contributed by atoms with Crippen LogP contribution in [0, 0.1) is 5.92 Å². The highest BCUT2D eigenvalue weighted by molar-refractivity contribution is 5.73. The van der Waals surface area contributed by atoms with Crippen molar-refractivity contribution in [3.8, 4) is 0 Å². The molecular formula is C18H25N3O. The lowest BCUT2D eigenvalue weighted by Gasteiger charge is -2.51. The van der Waals surface area contributed by atoms with E-state index in [1.54, 1.807) is 0 Å². The molecule has 0 spiro atoms. The second kappa shape index (κ2) is 5.67. The van der Waals surface area contributed by atoms with Crippen LogP contribution >= 0.6 is 0 Å². The summed E-state index contributed by atoms with van der Waals surface area (Å²) in [6.45, 7) is 4.39. The van der Waals surface area contributed by atoms with E-state index in [1.165, 1.54) is 31.5 Å². The summed E-state index contributed by atoms with van der Waals surface area (Å²) in [5.74, 6) is 1.19. The number of carbonyl (C=O) groups is 1. The zero-order valence-electron chi connectivity index (χ0n) is 13.0. The maximum atomic E-state index is 11.2. The van der Waals surface area contributed by atoms with Crippen molar-refractivity contribution in [3.63, 3.8) is 0 Å². The van der Waals surface area contributed by atoms with Gasteiger partial charge in [-0.05, 0) is 37.4 Å². The predicted octanol–water partition coefficient (Wildman–Crippen LogP) is 1.42. The molecule has 4 aliphatic heterocycles. The Labute approximate surface area is 132 Å². The monoisotopic (exact) mass is 299 g/mol. The van der Waals surface area contributed by atoms with E-state index < -0.39 is 0 Å². The van der Waals surface area contributed by atoms with Gasteiger partial charge in [-0.1, -0.05) is 30.3 Å². The first-order valence-electron chi connectivity index (χ1n) is 8.55. The molecule has 1 aromatic rings. The van der Waals surface area contributed by atoms with Gasteiger partial charge in [-0.15, -0.1) is 0 Å². The first-order chi connectivity index (χ1) is 10.7. The molecule has 4 saturated heterocycles. The number of hydrogen-bond donors (Lipinski definition) is 1. The SMILES string of the molecule is NC(=O)CCN1C[C@@H](c2ccccc2)[C@@H]2[C@H]1C1CCN2CC1. The van der Waals surface area contributed by atoms with Gasteiger partial charge in [0.05, 0.1) is 0 Å². The van der Waals surface area contributed by atoms with Crippen LogP contribution in [-0.2, 0) is 4.79 Å². The number of piperidine rings is 3. The Morgan fingerprint density at radius 3 is 2.55 bits per heavy atom. The molecule has 2 bridgehead atoms. The molecule has 2 N–H and O–H groups in total. The maximum Gasteiger partial charge on any atom is 0.218 e.